The van der Waals surface area contributed by atoms with Crippen LogP contribution in [-0.4, -0.2) is 28.0 Å². The summed E-state index contributed by atoms with van der Waals surface area (Å²) in [6.07, 6.45) is 0.524. The number of aromatic nitrogens is 2. The molecular weight excluding hydrogens is 178 g/mol. The largest absolute Gasteiger partial charge is 0.385 e. The van der Waals surface area contributed by atoms with Gasteiger partial charge in [0.25, 0.3) is 0 Å². The van der Waals surface area contributed by atoms with Crippen LogP contribution in [0, 0.1) is 6.92 Å². The van der Waals surface area contributed by atoms with Gasteiger partial charge in [0.2, 0.25) is 0 Å². The number of hydrogen-bond acceptors (Lipinski definition) is 3. The van der Waals surface area contributed by atoms with Crippen molar-refractivity contribution in [1.29, 1.82) is 0 Å². The predicted molar refractivity (Wildman–Crippen MR) is 54.1 cm³/mol. The van der Waals surface area contributed by atoms with Crippen molar-refractivity contribution < 1.29 is 5.11 Å². The summed E-state index contributed by atoms with van der Waals surface area (Å²) in [7, 11) is 1.87. The number of aliphatic hydroxyl groups excluding tert-OH is 1. The van der Waals surface area contributed by atoms with Gasteiger partial charge in [0.05, 0.1) is 24.0 Å². The van der Waals surface area contributed by atoms with Crippen LogP contribution in [-0.2, 0) is 13.0 Å². The highest BCUT2D eigenvalue weighted by Crippen LogP contribution is 2.30. The Morgan fingerprint density at radius 3 is 2.86 bits per heavy atom. The van der Waals surface area contributed by atoms with Crippen LogP contribution >= 0.6 is 0 Å². The molecule has 4 nitrogen and oxygen atoms in total. The third-order valence-corrected chi connectivity index (χ3v) is 3.07. The number of aryl methyl sites for hydroxylation is 1. The Hall–Kier alpha value is -0.870. The van der Waals surface area contributed by atoms with E-state index in [1.165, 1.54) is 0 Å². The summed E-state index contributed by atoms with van der Waals surface area (Å²) >= 11 is 0. The van der Waals surface area contributed by atoms with E-state index in [9.17, 15) is 5.11 Å². The monoisotopic (exact) mass is 195 g/mol. The van der Waals surface area contributed by atoms with E-state index in [1.54, 1.807) is 0 Å². The molecule has 1 aromatic heterocycles. The lowest BCUT2D eigenvalue weighted by atomic mass is 10.1. The van der Waals surface area contributed by atoms with Crippen LogP contribution in [0.2, 0.25) is 0 Å². The molecule has 0 saturated carbocycles. The molecular formula is C10H17N3O. The second-order valence-corrected chi connectivity index (χ2v) is 3.83. The molecule has 2 unspecified atom stereocenters. The van der Waals surface area contributed by atoms with Gasteiger partial charge in [-0.1, -0.05) is 6.92 Å². The van der Waals surface area contributed by atoms with E-state index in [0.717, 1.165) is 29.9 Å². The summed E-state index contributed by atoms with van der Waals surface area (Å²) in [5.74, 6) is 0. The fourth-order valence-corrected chi connectivity index (χ4v) is 2.19. The Kier molecular flexibility index (Phi) is 2.33. The number of nitrogens with zero attached hydrogens (tertiary/aromatic N) is 2. The van der Waals surface area contributed by atoms with Gasteiger partial charge in [-0.25, -0.2) is 0 Å². The summed E-state index contributed by atoms with van der Waals surface area (Å²) in [6.45, 7) is 4.90. The minimum absolute atomic E-state index is 0.113. The molecule has 14 heavy (non-hydrogen) atoms. The fraction of sp³-hybridized carbons (Fsp3) is 0.700. The third-order valence-electron chi connectivity index (χ3n) is 3.07. The lowest BCUT2D eigenvalue weighted by molar-refractivity contribution is 0.145. The van der Waals surface area contributed by atoms with E-state index in [2.05, 4.69) is 17.3 Å². The molecule has 0 aromatic carbocycles. The Balaban J connectivity index is 2.39. The van der Waals surface area contributed by atoms with E-state index in [1.807, 2.05) is 18.7 Å². The van der Waals surface area contributed by atoms with Crippen LogP contribution in [0.15, 0.2) is 0 Å². The van der Waals surface area contributed by atoms with E-state index < -0.39 is 6.10 Å². The van der Waals surface area contributed by atoms with Gasteiger partial charge < -0.3 is 10.4 Å². The zero-order valence-corrected chi connectivity index (χ0v) is 8.91. The Labute approximate surface area is 83.9 Å². The van der Waals surface area contributed by atoms with E-state index in [-0.39, 0.29) is 6.04 Å². The molecule has 2 N–H and O–H groups in total. The summed E-state index contributed by atoms with van der Waals surface area (Å²) < 4.78 is 1.93. The summed E-state index contributed by atoms with van der Waals surface area (Å²) in [6, 6.07) is 0.113. The molecule has 78 valence electrons. The number of hydrogen-bond donors (Lipinski definition) is 2. The molecule has 0 saturated heterocycles. The van der Waals surface area contributed by atoms with Crippen LogP contribution in [0.25, 0.3) is 0 Å². The van der Waals surface area contributed by atoms with Gasteiger partial charge in [0, 0.05) is 0 Å². The first-order chi connectivity index (χ1) is 6.69. The Morgan fingerprint density at radius 1 is 1.64 bits per heavy atom. The van der Waals surface area contributed by atoms with Crippen LogP contribution in [0.4, 0.5) is 0 Å². The standard InChI is InChI=1S/C10H17N3O/c1-4-7-6(2)9-10(14)8(11-3)5-13(9)12-7/h8,10-11,14H,4-5H2,1-3H3. The van der Waals surface area contributed by atoms with Crippen LogP contribution in [0.1, 0.15) is 30.0 Å². The molecule has 2 rings (SSSR count). The fourth-order valence-electron chi connectivity index (χ4n) is 2.19. The van der Waals surface area contributed by atoms with Crippen molar-refractivity contribution in [3.8, 4) is 0 Å². The van der Waals surface area contributed by atoms with Crippen molar-refractivity contribution in [1.82, 2.24) is 15.1 Å². The van der Waals surface area contributed by atoms with Gasteiger partial charge in [-0.15, -0.1) is 0 Å². The van der Waals surface area contributed by atoms with Gasteiger partial charge in [-0.05, 0) is 26.0 Å². The van der Waals surface area contributed by atoms with Crippen molar-refractivity contribution in [3.63, 3.8) is 0 Å². The first kappa shape index (κ1) is 9.68. The molecule has 0 radical (unpaired) electrons. The van der Waals surface area contributed by atoms with Crippen LogP contribution < -0.4 is 5.32 Å². The smallest absolute Gasteiger partial charge is 0.113 e. The van der Waals surface area contributed by atoms with Crippen molar-refractivity contribution in [2.75, 3.05) is 7.05 Å². The summed E-state index contributed by atoms with van der Waals surface area (Å²) in [5, 5.41) is 17.6. The molecule has 4 heteroatoms. The predicted octanol–water partition coefficient (Wildman–Crippen LogP) is 0.389. The number of aliphatic hydroxyl groups is 1. The highest BCUT2D eigenvalue weighted by atomic mass is 16.3. The Morgan fingerprint density at radius 2 is 2.36 bits per heavy atom. The molecule has 2 atom stereocenters. The first-order valence-electron chi connectivity index (χ1n) is 5.10. The molecule has 0 fully saturated rings. The zero-order valence-electron chi connectivity index (χ0n) is 8.91. The van der Waals surface area contributed by atoms with E-state index >= 15 is 0 Å². The van der Waals surface area contributed by atoms with Gasteiger partial charge in [0.15, 0.2) is 0 Å². The third kappa shape index (κ3) is 1.18. The molecule has 1 aliphatic heterocycles. The highest BCUT2D eigenvalue weighted by Gasteiger charge is 2.33. The SMILES string of the molecule is CCc1nn2c(c1C)C(O)C(NC)C2. The first-order valence-corrected chi connectivity index (χ1v) is 5.10. The average molecular weight is 195 g/mol. The number of nitrogens with one attached hydrogen (secondary N) is 1. The van der Waals surface area contributed by atoms with Crippen LogP contribution in [0.3, 0.4) is 0 Å². The Bertz CT molecular complexity index is 345. The number of likely N-dealkylation sites (N-methyl/N-ethyl adjacent to an activating group) is 1. The highest BCUT2D eigenvalue weighted by molar-refractivity contribution is 5.30. The molecule has 1 aromatic rings. The van der Waals surface area contributed by atoms with Gasteiger partial charge in [0.1, 0.15) is 6.10 Å². The van der Waals surface area contributed by atoms with Gasteiger partial charge in [-0.2, -0.15) is 5.10 Å². The molecule has 0 bridgehead atoms. The number of fused-ring (bicyclic) bond motifs is 1. The molecule has 2 heterocycles. The number of rotatable bonds is 2. The lowest BCUT2D eigenvalue weighted by Crippen LogP contribution is -2.30. The normalized spacial score (nSPS) is 25.4. The summed E-state index contributed by atoms with van der Waals surface area (Å²) in [4.78, 5) is 0. The maximum atomic E-state index is 10.0. The minimum atomic E-state index is -0.409. The van der Waals surface area contributed by atoms with E-state index in [0.29, 0.717) is 0 Å². The summed E-state index contributed by atoms with van der Waals surface area (Å²) in [5.41, 5.74) is 3.24. The molecule has 0 amide bonds. The van der Waals surface area contributed by atoms with Crippen molar-refractivity contribution in [2.45, 2.75) is 39.0 Å². The quantitative estimate of drug-likeness (QED) is 0.717. The second kappa shape index (κ2) is 3.37. The minimum Gasteiger partial charge on any atom is -0.385 e. The zero-order chi connectivity index (χ0) is 10.3. The molecule has 0 aliphatic carbocycles. The van der Waals surface area contributed by atoms with E-state index in [4.69, 9.17) is 0 Å². The molecule has 1 aliphatic rings. The van der Waals surface area contributed by atoms with Crippen molar-refractivity contribution in [3.05, 3.63) is 17.0 Å². The maximum absolute atomic E-state index is 10.0. The van der Waals surface area contributed by atoms with Crippen LogP contribution in [0.5, 0.6) is 0 Å². The molecule has 0 spiro atoms. The topological polar surface area (TPSA) is 50.1 Å². The van der Waals surface area contributed by atoms with Gasteiger partial charge in [-0.3, -0.25) is 4.68 Å². The second-order valence-electron chi connectivity index (χ2n) is 3.83. The van der Waals surface area contributed by atoms with Crippen molar-refractivity contribution >= 4 is 0 Å². The van der Waals surface area contributed by atoms with Gasteiger partial charge >= 0.3 is 0 Å². The maximum Gasteiger partial charge on any atom is 0.113 e. The average Bonchev–Trinajstić information content (AvgIpc) is 2.65. The van der Waals surface area contributed by atoms with Crippen molar-refractivity contribution in [2.24, 2.45) is 0 Å². The lowest BCUT2D eigenvalue weighted by Gasteiger charge is -2.12.